The maximum absolute atomic E-state index is 13.8. The van der Waals surface area contributed by atoms with Crippen molar-refractivity contribution in [3.63, 3.8) is 0 Å². The van der Waals surface area contributed by atoms with Gasteiger partial charge in [-0.25, -0.2) is 0 Å². The Kier molecular flexibility index (Phi) is 9.78. The summed E-state index contributed by atoms with van der Waals surface area (Å²) in [4.78, 5) is 29.5. The molecule has 3 aromatic rings. The van der Waals surface area contributed by atoms with Gasteiger partial charge in [-0.2, -0.15) is 0 Å². The zero-order valence-electron chi connectivity index (χ0n) is 21.7. The SMILES string of the molecule is Cc1cccc(CN(C(=O)CCc2ccccc2Cl)[C@@H](Cc2ccccc2)C(=O)NC2CCCCC2)c1. The Morgan fingerprint density at radius 2 is 1.62 bits per heavy atom. The van der Waals surface area contributed by atoms with Crippen molar-refractivity contribution in [3.8, 4) is 0 Å². The van der Waals surface area contributed by atoms with Crippen molar-refractivity contribution in [1.82, 2.24) is 10.2 Å². The van der Waals surface area contributed by atoms with Gasteiger partial charge in [0.2, 0.25) is 11.8 Å². The quantitative estimate of drug-likeness (QED) is 0.327. The normalized spacial score (nSPS) is 14.6. The Balaban J connectivity index is 1.62. The molecular weight excluding hydrogens is 480 g/mol. The standard InChI is InChI=1S/C32H37ClN2O2/c1-24-11-10-14-26(21-24)23-35(31(36)20-19-27-15-8-9-18-29(27)33)30(22-25-12-4-2-5-13-25)32(37)34-28-16-6-3-7-17-28/h2,4-5,8-15,18,21,28,30H,3,6-7,16-17,19-20,22-23H2,1H3,(H,34,37)/t30-/m0/s1. The molecule has 0 radical (unpaired) electrons. The predicted octanol–water partition coefficient (Wildman–Crippen LogP) is 6.67. The van der Waals surface area contributed by atoms with Crippen molar-refractivity contribution in [2.45, 2.75) is 76.9 Å². The first-order valence-corrected chi connectivity index (χ1v) is 13.8. The van der Waals surface area contributed by atoms with E-state index in [1.165, 1.54) is 6.42 Å². The largest absolute Gasteiger partial charge is 0.352 e. The molecule has 0 saturated heterocycles. The fourth-order valence-corrected chi connectivity index (χ4v) is 5.42. The first-order valence-electron chi connectivity index (χ1n) is 13.4. The van der Waals surface area contributed by atoms with Gasteiger partial charge in [-0.1, -0.05) is 109 Å². The van der Waals surface area contributed by atoms with Gasteiger partial charge in [-0.15, -0.1) is 0 Å². The number of carbonyl (C=O) groups is 2. The second-order valence-electron chi connectivity index (χ2n) is 10.2. The first-order chi connectivity index (χ1) is 18.0. The van der Waals surface area contributed by atoms with Crippen LogP contribution in [0.1, 0.15) is 60.8 Å². The molecule has 1 aliphatic carbocycles. The topological polar surface area (TPSA) is 49.4 Å². The van der Waals surface area contributed by atoms with Crippen LogP contribution in [-0.4, -0.2) is 28.8 Å². The Bertz CT molecular complexity index is 1170. The van der Waals surface area contributed by atoms with Crippen molar-refractivity contribution in [3.05, 3.63) is 106 Å². The van der Waals surface area contributed by atoms with E-state index in [4.69, 9.17) is 11.6 Å². The molecular formula is C32H37ClN2O2. The van der Waals surface area contributed by atoms with E-state index < -0.39 is 6.04 Å². The number of amides is 2. The van der Waals surface area contributed by atoms with E-state index in [0.29, 0.717) is 24.4 Å². The van der Waals surface area contributed by atoms with Crippen LogP contribution in [0.15, 0.2) is 78.9 Å². The summed E-state index contributed by atoms with van der Waals surface area (Å²) >= 11 is 6.37. The molecule has 4 nitrogen and oxygen atoms in total. The molecule has 5 heteroatoms. The van der Waals surface area contributed by atoms with Gasteiger partial charge in [-0.3, -0.25) is 9.59 Å². The van der Waals surface area contributed by atoms with Crippen molar-refractivity contribution in [2.24, 2.45) is 0 Å². The lowest BCUT2D eigenvalue weighted by atomic mass is 9.94. The van der Waals surface area contributed by atoms with Crippen LogP contribution in [0.5, 0.6) is 0 Å². The van der Waals surface area contributed by atoms with E-state index in [-0.39, 0.29) is 24.3 Å². The fraction of sp³-hybridized carbons (Fsp3) is 0.375. The van der Waals surface area contributed by atoms with Crippen molar-refractivity contribution >= 4 is 23.4 Å². The molecule has 1 saturated carbocycles. The average Bonchev–Trinajstić information content (AvgIpc) is 2.91. The zero-order valence-corrected chi connectivity index (χ0v) is 22.4. The molecule has 0 spiro atoms. The molecule has 37 heavy (non-hydrogen) atoms. The number of hydrogen-bond donors (Lipinski definition) is 1. The van der Waals surface area contributed by atoms with Crippen molar-refractivity contribution in [1.29, 1.82) is 0 Å². The molecule has 2 amide bonds. The van der Waals surface area contributed by atoms with Gasteiger partial charge >= 0.3 is 0 Å². The second kappa shape index (κ2) is 13.4. The Morgan fingerprint density at radius 3 is 2.35 bits per heavy atom. The zero-order chi connectivity index (χ0) is 26.0. The summed E-state index contributed by atoms with van der Waals surface area (Å²) in [5.74, 6) is -0.101. The molecule has 1 atom stereocenters. The number of hydrogen-bond acceptors (Lipinski definition) is 2. The van der Waals surface area contributed by atoms with Gasteiger partial charge in [0.15, 0.2) is 0 Å². The van der Waals surface area contributed by atoms with Crippen LogP contribution >= 0.6 is 11.6 Å². The number of carbonyl (C=O) groups excluding carboxylic acids is 2. The number of rotatable bonds is 10. The third kappa shape index (κ3) is 7.93. The van der Waals surface area contributed by atoms with E-state index in [1.54, 1.807) is 4.90 Å². The van der Waals surface area contributed by atoms with Crippen LogP contribution in [0.25, 0.3) is 0 Å². The maximum atomic E-state index is 13.8. The second-order valence-corrected chi connectivity index (χ2v) is 10.6. The fourth-order valence-electron chi connectivity index (χ4n) is 5.19. The van der Waals surface area contributed by atoms with Gasteiger partial charge in [0.1, 0.15) is 6.04 Å². The summed E-state index contributed by atoms with van der Waals surface area (Å²) in [5.41, 5.74) is 4.14. The van der Waals surface area contributed by atoms with Crippen LogP contribution in [0.3, 0.4) is 0 Å². The lowest BCUT2D eigenvalue weighted by molar-refractivity contribution is -0.141. The third-order valence-electron chi connectivity index (χ3n) is 7.22. The summed E-state index contributed by atoms with van der Waals surface area (Å²) < 4.78 is 0. The van der Waals surface area contributed by atoms with E-state index in [1.807, 2.05) is 79.7 Å². The van der Waals surface area contributed by atoms with Crippen LogP contribution < -0.4 is 5.32 Å². The summed E-state index contributed by atoms with van der Waals surface area (Å²) in [6, 6.07) is 25.4. The Labute approximate surface area is 226 Å². The minimum atomic E-state index is -0.594. The summed E-state index contributed by atoms with van der Waals surface area (Å²) in [5, 5.41) is 3.96. The van der Waals surface area contributed by atoms with Crippen molar-refractivity contribution < 1.29 is 9.59 Å². The molecule has 194 valence electrons. The molecule has 0 bridgehead atoms. The molecule has 0 aliphatic heterocycles. The van der Waals surface area contributed by atoms with Gasteiger partial charge < -0.3 is 10.2 Å². The van der Waals surface area contributed by atoms with Crippen molar-refractivity contribution in [2.75, 3.05) is 0 Å². The van der Waals surface area contributed by atoms with E-state index in [2.05, 4.69) is 11.4 Å². The Morgan fingerprint density at radius 1 is 0.919 bits per heavy atom. The van der Waals surface area contributed by atoms with Crippen LogP contribution in [0.4, 0.5) is 0 Å². The van der Waals surface area contributed by atoms with Gasteiger partial charge in [-0.05, 0) is 48.9 Å². The third-order valence-corrected chi connectivity index (χ3v) is 7.59. The van der Waals surface area contributed by atoms with Crippen LogP contribution in [0, 0.1) is 6.92 Å². The summed E-state index contributed by atoms with van der Waals surface area (Å²) in [7, 11) is 0. The number of benzene rings is 3. The van der Waals surface area contributed by atoms with E-state index >= 15 is 0 Å². The molecule has 4 rings (SSSR count). The van der Waals surface area contributed by atoms with E-state index in [0.717, 1.165) is 47.9 Å². The minimum Gasteiger partial charge on any atom is -0.352 e. The predicted molar refractivity (Wildman–Crippen MR) is 150 cm³/mol. The van der Waals surface area contributed by atoms with Gasteiger partial charge in [0.05, 0.1) is 0 Å². The minimum absolute atomic E-state index is 0.0406. The number of halogens is 1. The molecule has 0 aromatic heterocycles. The highest BCUT2D eigenvalue weighted by atomic mass is 35.5. The number of nitrogens with one attached hydrogen (secondary N) is 1. The lowest BCUT2D eigenvalue weighted by Gasteiger charge is -2.33. The highest BCUT2D eigenvalue weighted by Crippen LogP contribution is 2.22. The smallest absolute Gasteiger partial charge is 0.243 e. The molecule has 1 N–H and O–H groups in total. The highest BCUT2D eigenvalue weighted by molar-refractivity contribution is 6.31. The molecule has 3 aromatic carbocycles. The monoisotopic (exact) mass is 516 g/mol. The Hall–Kier alpha value is -3.11. The highest BCUT2D eigenvalue weighted by Gasteiger charge is 2.31. The summed E-state index contributed by atoms with van der Waals surface area (Å²) in [6.07, 6.45) is 6.80. The number of aryl methyl sites for hydroxylation is 2. The first kappa shape index (κ1) is 26.9. The van der Waals surface area contributed by atoms with Crippen LogP contribution in [0.2, 0.25) is 5.02 Å². The lowest BCUT2D eigenvalue weighted by Crippen LogP contribution is -2.52. The van der Waals surface area contributed by atoms with Gasteiger partial charge in [0.25, 0.3) is 0 Å². The molecule has 0 unspecified atom stereocenters. The average molecular weight is 517 g/mol. The summed E-state index contributed by atoms with van der Waals surface area (Å²) in [6.45, 7) is 2.43. The van der Waals surface area contributed by atoms with E-state index in [9.17, 15) is 9.59 Å². The number of nitrogens with zero attached hydrogens (tertiary/aromatic N) is 1. The van der Waals surface area contributed by atoms with Crippen LogP contribution in [-0.2, 0) is 29.0 Å². The molecule has 0 heterocycles. The maximum Gasteiger partial charge on any atom is 0.243 e. The molecule has 1 fully saturated rings. The van der Waals surface area contributed by atoms with Gasteiger partial charge in [0, 0.05) is 30.5 Å². The molecule has 1 aliphatic rings.